The fourth-order valence-corrected chi connectivity index (χ4v) is 4.70. The van der Waals surface area contributed by atoms with Crippen LogP contribution in [0.3, 0.4) is 0 Å². The molecule has 32 heavy (non-hydrogen) atoms. The number of hydrogen-bond donors (Lipinski definition) is 1. The molecule has 1 aromatic rings. The van der Waals surface area contributed by atoms with Gasteiger partial charge in [0.05, 0.1) is 11.1 Å². The lowest BCUT2D eigenvalue weighted by molar-refractivity contribution is -0.124. The van der Waals surface area contributed by atoms with Crippen LogP contribution >= 0.6 is 0 Å². The summed E-state index contributed by atoms with van der Waals surface area (Å²) in [5, 5.41) is 4.45. The Morgan fingerprint density at radius 3 is 2.41 bits per heavy atom. The fourth-order valence-electron chi connectivity index (χ4n) is 4.70. The van der Waals surface area contributed by atoms with Crippen LogP contribution in [0.25, 0.3) is 0 Å². The van der Waals surface area contributed by atoms with Gasteiger partial charge in [-0.3, -0.25) is 15.0 Å². The number of carbonyl (C=O) groups excluding carboxylic acids is 2. The van der Waals surface area contributed by atoms with Gasteiger partial charge in [-0.05, 0) is 61.8 Å². The second-order valence-corrected chi connectivity index (χ2v) is 9.26. The number of methoxy groups -OCH3 is 2. The van der Waals surface area contributed by atoms with Crippen molar-refractivity contribution < 1.29 is 19.1 Å². The molecule has 0 atom stereocenters. The Bertz CT molecular complexity index is 842. The van der Waals surface area contributed by atoms with Crippen molar-refractivity contribution in [2.45, 2.75) is 64.2 Å². The first-order valence-electron chi connectivity index (χ1n) is 11.7. The van der Waals surface area contributed by atoms with E-state index in [-0.39, 0.29) is 11.7 Å². The zero-order valence-electron chi connectivity index (χ0n) is 19.9. The first-order valence-corrected chi connectivity index (χ1v) is 11.7. The van der Waals surface area contributed by atoms with Gasteiger partial charge < -0.3 is 14.4 Å². The monoisotopic (exact) mass is 443 g/mol. The standard InChI is InChI=1S/C25H37N3O4/c1-18(2)17-28-22-11-10-19(26-27-21-8-6-5-7-9-23(21)29)16-20(22)25(24(28)30,12-14-31-3)13-15-32-4/h10-11,16,18,26H,5-9,12-15,17H2,1-4H3/b27-21+. The number of hydrogen-bond acceptors (Lipinski definition) is 6. The van der Waals surface area contributed by atoms with E-state index in [9.17, 15) is 9.59 Å². The van der Waals surface area contributed by atoms with E-state index in [1.54, 1.807) is 14.2 Å². The number of nitrogens with zero attached hydrogens (tertiary/aromatic N) is 2. The molecule has 1 heterocycles. The summed E-state index contributed by atoms with van der Waals surface area (Å²) in [6.45, 7) is 5.87. The summed E-state index contributed by atoms with van der Waals surface area (Å²) in [7, 11) is 3.32. The average molecular weight is 444 g/mol. The summed E-state index contributed by atoms with van der Waals surface area (Å²) < 4.78 is 10.8. The van der Waals surface area contributed by atoms with Gasteiger partial charge in [-0.15, -0.1) is 0 Å². The third kappa shape index (κ3) is 5.21. The van der Waals surface area contributed by atoms with Crippen LogP contribution in [0.2, 0.25) is 0 Å². The van der Waals surface area contributed by atoms with Gasteiger partial charge >= 0.3 is 0 Å². The lowest BCUT2D eigenvalue weighted by Crippen LogP contribution is -2.43. The van der Waals surface area contributed by atoms with Crippen LogP contribution in [-0.4, -0.2) is 51.4 Å². The topological polar surface area (TPSA) is 80.2 Å². The third-order valence-corrected chi connectivity index (χ3v) is 6.43. The molecule has 0 aromatic heterocycles. The number of anilines is 2. The maximum absolute atomic E-state index is 13.8. The van der Waals surface area contributed by atoms with Gasteiger partial charge in [0.15, 0.2) is 5.78 Å². The Balaban J connectivity index is 1.98. The normalized spacial score (nSPS) is 19.5. The van der Waals surface area contributed by atoms with Crippen molar-refractivity contribution in [3.63, 3.8) is 0 Å². The molecule has 7 nitrogen and oxygen atoms in total. The molecule has 1 amide bonds. The summed E-state index contributed by atoms with van der Waals surface area (Å²) in [5.74, 6) is 0.583. The lowest BCUT2D eigenvalue weighted by Gasteiger charge is -2.29. The molecule has 0 bridgehead atoms. The van der Waals surface area contributed by atoms with Crippen molar-refractivity contribution in [3.8, 4) is 0 Å². The van der Waals surface area contributed by atoms with Crippen LogP contribution in [0.15, 0.2) is 23.3 Å². The van der Waals surface area contributed by atoms with Crippen LogP contribution in [0.4, 0.5) is 11.4 Å². The highest BCUT2D eigenvalue weighted by atomic mass is 16.5. The Morgan fingerprint density at radius 2 is 1.75 bits per heavy atom. The van der Waals surface area contributed by atoms with Crippen LogP contribution in [0.5, 0.6) is 0 Å². The van der Waals surface area contributed by atoms with E-state index in [1.165, 1.54) is 0 Å². The quantitative estimate of drug-likeness (QED) is 0.431. The van der Waals surface area contributed by atoms with Crippen molar-refractivity contribution in [1.82, 2.24) is 0 Å². The molecule has 1 N–H and O–H groups in total. The van der Waals surface area contributed by atoms with Gasteiger partial charge in [-0.2, -0.15) is 5.10 Å². The predicted octanol–water partition coefficient (Wildman–Crippen LogP) is 4.30. The molecule has 1 saturated carbocycles. The van der Waals surface area contributed by atoms with Gasteiger partial charge in [0, 0.05) is 46.1 Å². The molecule has 1 aliphatic heterocycles. The zero-order chi connectivity index (χ0) is 23.1. The molecule has 176 valence electrons. The highest BCUT2D eigenvalue weighted by molar-refractivity contribution is 6.40. The van der Waals surface area contributed by atoms with Crippen LogP contribution < -0.4 is 10.3 Å². The van der Waals surface area contributed by atoms with Crippen molar-refractivity contribution in [2.75, 3.05) is 44.3 Å². The van der Waals surface area contributed by atoms with Crippen molar-refractivity contribution in [3.05, 3.63) is 23.8 Å². The minimum Gasteiger partial charge on any atom is -0.385 e. The van der Waals surface area contributed by atoms with Crippen LogP contribution in [0, 0.1) is 5.92 Å². The van der Waals surface area contributed by atoms with E-state index in [0.717, 1.165) is 36.2 Å². The molecule has 1 aromatic carbocycles. The highest BCUT2D eigenvalue weighted by Gasteiger charge is 2.50. The second-order valence-electron chi connectivity index (χ2n) is 9.26. The first kappa shape index (κ1) is 24.4. The minimum absolute atomic E-state index is 0.109. The summed E-state index contributed by atoms with van der Waals surface area (Å²) in [4.78, 5) is 28.0. The molecule has 2 aliphatic rings. The Hall–Kier alpha value is -2.25. The average Bonchev–Trinajstić information content (AvgIpc) is 2.89. The van der Waals surface area contributed by atoms with Gasteiger partial charge in [-0.1, -0.05) is 20.3 Å². The smallest absolute Gasteiger partial charge is 0.237 e. The number of fused-ring (bicyclic) bond motifs is 1. The molecular weight excluding hydrogens is 406 g/mol. The Morgan fingerprint density at radius 1 is 1.06 bits per heavy atom. The van der Waals surface area contributed by atoms with Crippen LogP contribution in [0.1, 0.15) is 64.4 Å². The number of ketones is 1. The van der Waals surface area contributed by atoms with Crippen molar-refractivity contribution >= 4 is 28.8 Å². The molecule has 0 radical (unpaired) electrons. The van der Waals surface area contributed by atoms with E-state index in [2.05, 4.69) is 24.4 Å². The van der Waals surface area contributed by atoms with Gasteiger partial charge in [0.2, 0.25) is 5.91 Å². The number of nitrogens with one attached hydrogen (secondary N) is 1. The van der Waals surface area contributed by atoms with E-state index in [1.807, 2.05) is 23.1 Å². The van der Waals surface area contributed by atoms with E-state index >= 15 is 0 Å². The first-order chi connectivity index (χ1) is 15.4. The maximum atomic E-state index is 13.8. The summed E-state index contributed by atoms with van der Waals surface area (Å²) >= 11 is 0. The zero-order valence-corrected chi connectivity index (χ0v) is 19.9. The van der Waals surface area contributed by atoms with Crippen molar-refractivity contribution in [1.29, 1.82) is 0 Å². The van der Waals surface area contributed by atoms with Crippen LogP contribution in [-0.2, 0) is 24.5 Å². The molecule has 0 spiro atoms. The maximum Gasteiger partial charge on any atom is 0.237 e. The number of rotatable bonds is 10. The van der Waals surface area contributed by atoms with Gasteiger partial charge in [0.1, 0.15) is 5.71 Å². The van der Waals surface area contributed by atoms with E-state index in [4.69, 9.17) is 9.47 Å². The molecule has 7 heteroatoms. The molecule has 0 saturated heterocycles. The number of hydrazone groups is 1. The van der Waals surface area contributed by atoms with Crippen molar-refractivity contribution in [2.24, 2.45) is 11.0 Å². The molecule has 3 rings (SSSR count). The summed E-state index contributed by atoms with van der Waals surface area (Å²) in [6, 6.07) is 5.95. The number of ether oxygens (including phenoxy) is 2. The largest absolute Gasteiger partial charge is 0.385 e. The fraction of sp³-hybridized carbons (Fsp3) is 0.640. The van der Waals surface area contributed by atoms with Gasteiger partial charge in [-0.25, -0.2) is 0 Å². The Kier molecular flexibility index (Phi) is 8.43. The minimum atomic E-state index is -0.695. The molecule has 1 aliphatic carbocycles. The second kappa shape index (κ2) is 11.1. The predicted molar refractivity (Wildman–Crippen MR) is 127 cm³/mol. The molecular formula is C25H37N3O4. The lowest BCUT2D eigenvalue weighted by atomic mass is 9.76. The number of carbonyl (C=O) groups is 2. The number of amides is 1. The molecule has 1 fully saturated rings. The SMILES string of the molecule is COCCC1(CCOC)C(=O)N(CC(C)C)c2ccc(N/N=C3\CCCCCC3=O)cc21. The Labute approximate surface area is 191 Å². The highest BCUT2D eigenvalue weighted by Crippen LogP contribution is 2.47. The third-order valence-electron chi connectivity index (χ3n) is 6.43. The van der Waals surface area contributed by atoms with Gasteiger partial charge in [0.25, 0.3) is 0 Å². The number of Topliss-reactive ketones (excluding diaryl/α,β-unsaturated/α-hetero) is 1. The summed E-state index contributed by atoms with van der Waals surface area (Å²) in [5.41, 5.74) is 5.73. The summed E-state index contributed by atoms with van der Waals surface area (Å²) in [6.07, 6.45) is 5.45. The number of benzene rings is 1. The molecule has 0 unspecified atom stereocenters. The van der Waals surface area contributed by atoms with E-state index < -0.39 is 5.41 Å². The van der Waals surface area contributed by atoms with E-state index in [0.29, 0.717) is 57.1 Å².